The number of carbonyl (C=O) groups excluding carboxylic acids is 1. The van der Waals surface area contributed by atoms with Crippen LogP contribution in [0.4, 0.5) is 0 Å². The van der Waals surface area contributed by atoms with Gasteiger partial charge in [-0.25, -0.2) is 4.98 Å². The number of carbonyl (C=O) groups is 1. The van der Waals surface area contributed by atoms with Crippen LogP contribution in [-0.2, 0) is 0 Å². The number of amides is 1. The average molecular weight is 343 g/mol. The first kappa shape index (κ1) is 13.6. The van der Waals surface area contributed by atoms with Crippen LogP contribution in [-0.4, -0.2) is 10.9 Å². The number of nitrogens with zero attached hydrogens (tertiary/aromatic N) is 1. The van der Waals surface area contributed by atoms with Crippen LogP contribution in [0.1, 0.15) is 10.4 Å². The summed E-state index contributed by atoms with van der Waals surface area (Å²) in [6.07, 6.45) is 1.40. The normalized spacial score (nSPS) is 10.5. The van der Waals surface area contributed by atoms with Crippen molar-refractivity contribution >= 4 is 32.6 Å². The van der Waals surface area contributed by atoms with E-state index in [2.05, 4.69) is 20.9 Å². The monoisotopic (exact) mass is 342 g/mol. The fourth-order valence-corrected chi connectivity index (χ4v) is 2.34. The maximum absolute atomic E-state index is 11.0. The highest BCUT2D eigenvalue weighted by Gasteiger charge is 2.04. The Kier molecular flexibility index (Phi) is 3.58. The molecular formula is C16H11BrN2O2. The number of benzene rings is 2. The fraction of sp³-hybridized carbons (Fsp3) is 0. The number of hydrogen-bond acceptors (Lipinski definition) is 3. The molecule has 0 fully saturated rings. The molecule has 4 nitrogen and oxygen atoms in total. The van der Waals surface area contributed by atoms with Crippen LogP contribution < -0.4 is 10.5 Å². The van der Waals surface area contributed by atoms with Gasteiger partial charge in [-0.05, 0) is 41.1 Å². The van der Waals surface area contributed by atoms with Gasteiger partial charge in [0.15, 0.2) is 0 Å². The van der Waals surface area contributed by atoms with Crippen molar-refractivity contribution in [3.05, 3.63) is 64.8 Å². The minimum Gasteiger partial charge on any atom is -0.439 e. The van der Waals surface area contributed by atoms with Gasteiger partial charge in [0, 0.05) is 16.7 Å². The topological polar surface area (TPSA) is 65.2 Å². The molecule has 0 aliphatic rings. The van der Waals surface area contributed by atoms with Gasteiger partial charge in [-0.1, -0.05) is 28.1 Å². The number of primary amides is 1. The van der Waals surface area contributed by atoms with Crippen molar-refractivity contribution in [2.75, 3.05) is 0 Å². The van der Waals surface area contributed by atoms with E-state index in [1.165, 1.54) is 6.20 Å². The molecule has 21 heavy (non-hydrogen) atoms. The molecular weight excluding hydrogens is 332 g/mol. The summed E-state index contributed by atoms with van der Waals surface area (Å²) in [4.78, 5) is 15.0. The average Bonchev–Trinajstić information content (AvgIpc) is 2.48. The second-order valence-electron chi connectivity index (χ2n) is 4.50. The minimum atomic E-state index is -0.509. The Hall–Kier alpha value is -2.40. The Bertz CT molecular complexity index is 816. The molecule has 0 bridgehead atoms. The predicted octanol–water partition coefficient (Wildman–Crippen LogP) is 3.89. The lowest BCUT2D eigenvalue weighted by atomic mass is 10.1. The summed E-state index contributed by atoms with van der Waals surface area (Å²) in [7, 11) is 0. The third-order valence-electron chi connectivity index (χ3n) is 3.02. The Morgan fingerprint density at radius 2 is 1.81 bits per heavy atom. The molecule has 5 heteroatoms. The molecule has 0 saturated carbocycles. The zero-order valence-electron chi connectivity index (χ0n) is 10.9. The first-order valence-corrected chi connectivity index (χ1v) is 7.04. The van der Waals surface area contributed by atoms with Gasteiger partial charge in [0.2, 0.25) is 11.8 Å². The zero-order chi connectivity index (χ0) is 14.8. The maximum Gasteiger partial charge on any atom is 0.250 e. The second kappa shape index (κ2) is 5.54. The molecule has 1 heterocycles. The summed E-state index contributed by atoms with van der Waals surface area (Å²) < 4.78 is 6.71. The van der Waals surface area contributed by atoms with Crippen molar-refractivity contribution < 1.29 is 9.53 Å². The molecule has 0 aliphatic heterocycles. The summed E-state index contributed by atoms with van der Waals surface area (Å²) in [5.74, 6) is 0.589. The van der Waals surface area contributed by atoms with E-state index in [9.17, 15) is 4.79 Å². The lowest BCUT2D eigenvalue weighted by Gasteiger charge is -2.06. The summed E-state index contributed by atoms with van der Waals surface area (Å²) in [5, 5.41) is 2.19. The summed E-state index contributed by atoms with van der Waals surface area (Å²) in [6, 6.07) is 15.0. The van der Waals surface area contributed by atoms with Crippen LogP contribution in [0.2, 0.25) is 0 Å². The van der Waals surface area contributed by atoms with Gasteiger partial charge in [0.1, 0.15) is 5.75 Å². The van der Waals surface area contributed by atoms with Gasteiger partial charge < -0.3 is 10.5 Å². The van der Waals surface area contributed by atoms with Gasteiger partial charge in [0.05, 0.1) is 5.56 Å². The van der Waals surface area contributed by atoms with Crippen LogP contribution in [0.3, 0.4) is 0 Å². The molecule has 1 amide bonds. The van der Waals surface area contributed by atoms with Crippen LogP contribution in [0, 0.1) is 0 Å². The Morgan fingerprint density at radius 1 is 1.05 bits per heavy atom. The number of halogens is 1. The quantitative estimate of drug-likeness (QED) is 0.785. The van der Waals surface area contributed by atoms with Gasteiger partial charge in [-0.15, -0.1) is 0 Å². The summed E-state index contributed by atoms with van der Waals surface area (Å²) in [5.41, 5.74) is 5.52. The van der Waals surface area contributed by atoms with Gasteiger partial charge in [0.25, 0.3) is 0 Å². The molecule has 3 rings (SSSR count). The zero-order valence-corrected chi connectivity index (χ0v) is 12.5. The second-order valence-corrected chi connectivity index (χ2v) is 5.42. The van der Waals surface area contributed by atoms with E-state index >= 15 is 0 Å². The Labute approximate surface area is 129 Å². The van der Waals surface area contributed by atoms with E-state index in [0.717, 1.165) is 15.2 Å². The number of hydrogen-bond donors (Lipinski definition) is 1. The Morgan fingerprint density at radius 3 is 2.52 bits per heavy atom. The third kappa shape index (κ3) is 3.03. The maximum atomic E-state index is 11.0. The molecule has 2 aromatic carbocycles. The standard InChI is InChI=1S/C16H11BrN2O2/c17-13-4-1-11-8-14(5-2-10(11)7-13)21-15-6-3-12(9-19-15)16(18)20/h1-9H,(H2,18,20). The number of pyridine rings is 1. The first-order chi connectivity index (χ1) is 10.1. The smallest absolute Gasteiger partial charge is 0.250 e. The largest absolute Gasteiger partial charge is 0.439 e. The molecule has 0 radical (unpaired) electrons. The highest BCUT2D eigenvalue weighted by atomic mass is 79.9. The van der Waals surface area contributed by atoms with E-state index in [0.29, 0.717) is 17.2 Å². The third-order valence-corrected chi connectivity index (χ3v) is 3.51. The molecule has 2 N–H and O–H groups in total. The molecule has 0 unspecified atom stereocenters. The van der Waals surface area contributed by atoms with Crippen molar-refractivity contribution in [3.63, 3.8) is 0 Å². The van der Waals surface area contributed by atoms with E-state index in [1.807, 2.05) is 36.4 Å². The predicted molar refractivity (Wildman–Crippen MR) is 84.5 cm³/mol. The highest BCUT2D eigenvalue weighted by molar-refractivity contribution is 9.10. The lowest BCUT2D eigenvalue weighted by Crippen LogP contribution is -2.10. The number of aromatic nitrogens is 1. The van der Waals surface area contributed by atoms with E-state index in [4.69, 9.17) is 10.5 Å². The number of ether oxygens (including phenoxy) is 1. The molecule has 104 valence electrons. The van der Waals surface area contributed by atoms with Crippen molar-refractivity contribution in [2.24, 2.45) is 5.73 Å². The number of nitrogens with two attached hydrogens (primary N) is 1. The Balaban J connectivity index is 1.87. The van der Waals surface area contributed by atoms with Gasteiger partial charge >= 0.3 is 0 Å². The summed E-state index contributed by atoms with van der Waals surface area (Å²) in [6.45, 7) is 0. The highest BCUT2D eigenvalue weighted by Crippen LogP contribution is 2.26. The van der Waals surface area contributed by atoms with Crippen molar-refractivity contribution in [2.45, 2.75) is 0 Å². The molecule has 0 saturated heterocycles. The van der Waals surface area contributed by atoms with Crippen molar-refractivity contribution in [3.8, 4) is 11.6 Å². The van der Waals surface area contributed by atoms with Crippen LogP contribution in [0.25, 0.3) is 10.8 Å². The van der Waals surface area contributed by atoms with Crippen molar-refractivity contribution in [1.82, 2.24) is 4.98 Å². The van der Waals surface area contributed by atoms with Crippen LogP contribution in [0.15, 0.2) is 59.2 Å². The van der Waals surface area contributed by atoms with Gasteiger partial charge in [-0.2, -0.15) is 0 Å². The van der Waals surface area contributed by atoms with E-state index in [1.54, 1.807) is 12.1 Å². The number of fused-ring (bicyclic) bond motifs is 1. The van der Waals surface area contributed by atoms with Crippen LogP contribution >= 0.6 is 15.9 Å². The molecule has 1 aromatic heterocycles. The van der Waals surface area contributed by atoms with Crippen LogP contribution in [0.5, 0.6) is 11.6 Å². The van der Waals surface area contributed by atoms with E-state index < -0.39 is 5.91 Å². The van der Waals surface area contributed by atoms with Crippen molar-refractivity contribution in [1.29, 1.82) is 0 Å². The molecule has 3 aromatic rings. The molecule has 0 aliphatic carbocycles. The lowest BCUT2D eigenvalue weighted by molar-refractivity contribution is 0.1000. The summed E-state index contributed by atoms with van der Waals surface area (Å²) >= 11 is 3.44. The van der Waals surface area contributed by atoms with Gasteiger partial charge in [-0.3, -0.25) is 4.79 Å². The number of rotatable bonds is 3. The first-order valence-electron chi connectivity index (χ1n) is 6.25. The fourth-order valence-electron chi connectivity index (χ4n) is 1.97. The molecule has 0 spiro atoms. The SMILES string of the molecule is NC(=O)c1ccc(Oc2ccc3cc(Br)ccc3c2)nc1. The van der Waals surface area contributed by atoms with E-state index in [-0.39, 0.29) is 0 Å². The minimum absolute atomic E-state index is 0.353. The molecule has 0 atom stereocenters.